The van der Waals surface area contributed by atoms with Crippen LogP contribution in [0.3, 0.4) is 0 Å². The summed E-state index contributed by atoms with van der Waals surface area (Å²) < 4.78 is 0. The predicted molar refractivity (Wildman–Crippen MR) is 47.7 cm³/mol. The van der Waals surface area contributed by atoms with Crippen LogP contribution in [-0.2, 0) is 9.59 Å². The number of rotatable bonds is 5. The number of nitrogens with one attached hydrogen (secondary N) is 1. The molecule has 0 aliphatic rings. The maximum atomic E-state index is 10.9. The Morgan fingerprint density at radius 1 is 1.67 bits per heavy atom. The summed E-state index contributed by atoms with van der Waals surface area (Å²) in [5.74, 6) is -0.307. The van der Waals surface area contributed by atoms with Gasteiger partial charge >= 0.3 is 0 Å². The van der Waals surface area contributed by atoms with E-state index in [1.165, 1.54) is 0 Å². The second-order valence-corrected chi connectivity index (χ2v) is 2.98. The summed E-state index contributed by atoms with van der Waals surface area (Å²) in [6.07, 6.45) is 3.43. The fourth-order valence-corrected chi connectivity index (χ4v) is 1.00. The Bertz CT molecular complexity index is 189. The van der Waals surface area contributed by atoms with E-state index in [1.807, 2.05) is 6.92 Å². The van der Waals surface area contributed by atoms with E-state index < -0.39 is 5.54 Å². The summed E-state index contributed by atoms with van der Waals surface area (Å²) >= 11 is 0. The molecule has 0 aromatic carbocycles. The molecule has 0 fully saturated rings. The van der Waals surface area contributed by atoms with Crippen LogP contribution in [0.25, 0.3) is 0 Å². The molecular formula is C9H15NO2. The number of amides is 1. The van der Waals surface area contributed by atoms with Gasteiger partial charge in [-0.1, -0.05) is 19.9 Å². The van der Waals surface area contributed by atoms with E-state index in [4.69, 9.17) is 0 Å². The minimum Gasteiger partial charge on any atom is -0.341 e. The second kappa shape index (κ2) is 4.70. The van der Waals surface area contributed by atoms with Gasteiger partial charge in [0.2, 0.25) is 5.91 Å². The highest BCUT2D eigenvalue weighted by atomic mass is 16.2. The van der Waals surface area contributed by atoms with Gasteiger partial charge in [-0.25, -0.2) is 0 Å². The van der Waals surface area contributed by atoms with Gasteiger partial charge in [-0.05, 0) is 19.4 Å². The van der Waals surface area contributed by atoms with Crippen molar-refractivity contribution in [2.45, 2.75) is 32.2 Å². The van der Waals surface area contributed by atoms with Crippen LogP contribution in [0.1, 0.15) is 26.7 Å². The highest BCUT2D eigenvalue weighted by Gasteiger charge is 2.23. The molecule has 12 heavy (non-hydrogen) atoms. The molecule has 1 unspecified atom stereocenters. The third kappa shape index (κ3) is 3.32. The van der Waals surface area contributed by atoms with Crippen molar-refractivity contribution >= 4 is 12.2 Å². The summed E-state index contributed by atoms with van der Waals surface area (Å²) in [6.45, 7) is 6.97. The normalized spacial score (nSPS) is 14.5. The Hall–Kier alpha value is -1.12. The average Bonchev–Trinajstić information content (AvgIpc) is 2.05. The zero-order chi connectivity index (χ0) is 9.61. The monoisotopic (exact) mass is 169 g/mol. The van der Waals surface area contributed by atoms with Crippen molar-refractivity contribution in [1.29, 1.82) is 0 Å². The fraction of sp³-hybridized carbons (Fsp3) is 0.556. The van der Waals surface area contributed by atoms with E-state index in [1.54, 1.807) is 6.92 Å². The highest BCUT2D eigenvalue weighted by Crippen LogP contribution is 2.08. The first-order chi connectivity index (χ1) is 5.58. The number of aldehydes is 1. The van der Waals surface area contributed by atoms with Gasteiger partial charge < -0.3 is 10.1 Å². The van der Waals surface area contributed by atoms with Crippen molar-refractivity contribution < 1.29 is 9.59 Å². The molecule has 68 valence electrons. The molecule has 0 bridgehead atoms. The van der Waals surface area contributed by atoms with E-state index in [0.717, 1.165) is 18.8 Å². The quantitative estimate of drug-likeness (QED) is 0.494. The summed E-state index contributed by atoms with van der Waals surface area (Å²) in [4.78, 5) is 21.5. The van der Waals surface area contributed by atoms with Crippen LogP contribution >= 0.6 is 0 Å². The van der Waals surface area contributed by atoms with Crippen molar-refractivity contribution in [3.8, 4) is 0 Å². The van der Waals surface area contributed by atoms with Gasteiger partial charge in [0.25, 0.3) is 0 Å². The van der Waals surface area contributed by atoms with E-state index >= 15 is 0 Å². The van der Waals surface area contributed by atoms with E-state index in [2.05, 4.69) is 11.9 Å². The van der Waals surface area contributed by atoms with Crippen LogP contribution in [-0.4, -0.2) is 17.7 Å². The molecule has 0 heterocycles. The van der Waals surface area contributed by atoms with Crippen LogP contribution in [0.5, 0.6) is 0 Å². The summed E-state index contributed by atoms with van der Waals surface area (Å²) in [5, 5.41) is 2.57. The first-order valence-electron chi connectivity index (χ1n) is 3.99. The third-order valence-corrected chi connectivity index (χ3v) is 1.62. The van der Waals surface area contributed by atoms with Crippen LogP contribution < -0.4 is 5.32 Å². The number of carbonyl (C=O) groups excluding carboxylic acids is 2. The van der Waals surface area contributed by atoms with Gasteiger partial charge in [-0.15, -0.1) is 0 Å². The van der Waals surface area contributed by atoms with Crippen molar-refractivity contribution in [3.05, 3.63) is 12.7 Å². The SMILES string of the molecule is C=CC(=O)NC(C)(C=O)CCC. The number of carbonyl (C=O) groups is 2. The van der Waals surface area contributed by atoms with Crippen molar-refractivity contribution in [2.75, 3.05) is 0 Å². The second-order valence-electron chi connectivity index (χ2n) is 2.98. The Kier molecular flexibility index (Phi) is 4.26. The van der Waals surface area contributed by atoms with Crippen LogP contribution in [0.4, 0.5) is 0 Å². The minimum atomic E-state index is -0.736. The van der Waals surface area contributed by atoms with Gasteiger partial charge in [-0.3, -0.25) is 4.79 Å². The highest BCUT2D eigenvalue weighted by molar-refractivity contribution is 5.90. The molecule has 0 aromatic rings. The molecule has 0 aromatic heterocycles. The molecule has 0 saturated carbocycles. The summed E-state index contributed by atoms with van der Waals surface area (Å²) in [5.41, 5.74) is -0.736. The first kappa shape index (κ1) is 10.9. The average molecular weight is 169 g/mol. The Morgan fingerprint density at radius 2 is 2.25 bits per heavy atom. The lowest BCUT2D eigenvalue weighted by Crippen LogP contribution is -2.46. The molecule has 0 radical (unpaired) electrons. The summed E-state index contributed by atoms with van der Waals surface area (Å²) in [6, 6.07) is 0. The number of hydrogen-bond acceptors (Lipinski definition) is 2. The molecule has 0 spiro atoms. The van der Waals surface area contributed by atoms with Crippen molar-refractivity contribution in [1.82, 2.24) is 5.32 Å². The first-order valence-corrected chi connectivity index (χ1v) is 3.99. The molecule has 0 rings (SSSR count). The third-order valence-electron chi connectivity index (χ3n) is 1.62. The minimum absolute atomic E-state index is 0.307. The topological polar surface area (TPSA) is 46.2 Å². The molecule has 0 saturated heterocycles. The van der Waals surface area contributed by atoms with Crippen molar-refractivity contribution in [2.24, 2.45) is 0 Å². The molecule has 1 atom stereocenters. The maximum Gasteiger partial charge on any atom is 0.244 e. The van der Waals surface area contributed by atoms with Gasteiger partial charge in [0.15, 0.2) is 0 Å². The van der Waals surface area contributed by atoms with Gasteiger partial charge in [-0.2, -0.15) is 0 Å². The summed E-state index contributed by atoms with van der Waals surface area (Å²) in [7, 11) is 0. The standard InChI is InChI=1S/C9H15NO2/c1-4-6-9(3,7-11)10-8(12)5-2/h5,7H,2,4,6H2,1,3H3,(H,10,12). The smallest absolute Gasteiger partial charge is 0.244 e. The Labute approximate surface area is 72.8 Å². The van der Waals surface area contributed by atoms with Crippen LogP contribution in [0, 0.1) is 0 Å². The lowest BCUT2D eigenvalue weighted by atomic mass is 9.98. The number of hydrogen-bond donors (Lipinski definition) is 1. The van der Waals surface area contributed by atoms with Gasteiger partial charge in [0.05, 0.1) is 5.54 Å². The predicted octanol–water partition coefficient (Wildman–Crippen LogP) is 1.05. The zero-order valence-corrected chi connectivity index (χ0v) is 7.59. The molecule has 0 aliphatic carbocycles. The lowest BCUT2D eigenvalue weighted by molar-refractivity contribution is -0.123. The van der Waals surface area contributed by atoms with Crippen LogP contribution in [0.15, 0.2) is 12.7 Å². The van der Waals surface area contributed by atoms with Gasteiger partial charge in [0.1, 0.15) is 6.29 Å². The van der Waals surface area contributed by atoms with E-state index in [-0.39, 0.29) is 5.91 Å². The molecule has 1 N–H and O–H groups in total. The molecular weight excluding hydrogens is 154 g/mol. The largest absolute Gasteiger partial charge is 0.341 e. The zero-order valence-electron chi connectivity index (χ0n) is 7.59. The fourth-order valence-electron chi connectivity index (χ4n) is 1.00. The maximum absolute atomic E-state index is 10.9. The molecule has 3 nitrogen and oxygen atoms in total. The lowest BCUT2D eigenvalue weighted by Gasteiger charge is -2.22. The van der Waals surface area contributed by atoms with E-state index in [0.29, 0.717) is 6.42 Å². The molecule has 0 aliphatic heterocycles. The van der Waals surface area contributed by atoms with Gasteiger partial charge in [0, 0.05) is 0 Å². The Morgan fingerprint density at radius 3 is 2.58 bits per heavy atom. The Balaban J connectivity index is 4.21. The van der Waals surface area contributed by atoms with E-state index in [9.17, 15) is 9.59 Å². The molecule has 1 amide bonds. The molecule has 3 heteroatoms. The van der Waals surface area contributed by atoms with Crippen molar-refractivity contribution in [3.63, 3.8) is 0 Å². The van der Waals surface area contributed by atoms with Crippen LogP contribution in [0.2, 0.25) is 0 Å².